The number of hydrogen-bond acceptors (Lipinski definition) is 7. The normalized spacial score (nSPS) is 20.2. The number of amides is 2. The number of para-hydroxylation sites is 1. The highest BCUT2D eigenvalue weighted by Gasteiger charge is 2.40. The van der Waals surface area contributed by atoms with Crippen molar-refractivity contribution in [1.82, 2.24) is 10.2 Å². The molecule has 0 saturated carbocycles. The van der Waals surface area contributed by atoms with Gasteiger partial charge in [-0.05, 0) is 71.0 Å². The Morgan fingerprint density at radius 2 is 2.00 bits per heavy atom. The van der Waals surface area contributed by atoms with Gasteiger partial charge in [0.2, 0.25) is 18.6 Å². The number of benzene rings is 2. The lowest BCUT2D eigenvalue weighted by atomic mass is 9.87. The Labute approximate surface area is 235 Å². The molecule has 3 N–H and O–H groups in total. The summed E-state index contributed by atoms with van der Waals surface area (Å²) in [7, 11) is 0. The first-order valence-electron chi connectivity index (χ1n) is 12.5. The Kier molecular flexibility index (Phi) is 9.64. The number of halogens is 1. The molecule has 202 valence electrons. The number of carbonyl (C=O) groups is 2. The van der Waals surface area contributed by atoms with Gasteiger partial charge in [-0.3, -0.25) is 9.59 Å². The summed E-state index contributed by atoms with van der Waals surface area (Å²) in [5, 5.41) is 23.4. The fourth-order valence-electron chi connectivity index (χ4n) is 4.38. The van der Waals surface area contributed by atoms with Crippen LogP contribution in [0.5, 0.6) is 17.2 Å². The van der Waals surface area contributed by atoms with Gasteiger partial charge < -0.3 is 34.6 Å². The van der Waals surface area contributed by atoms with Crippen molar-refractivity contribution >= 4 is 34.4 Å². The number of rotatable bonds is 10. The monoisotopic (exact) mass is 634 g/mol. The lowest BCUT2D eigenvalue weighted by molar-refractivity contribution is -0.134. The molecule has 0 radical (unpaired) electrons. The minimum absolute atomic E-state index is 0.0879. The highest BCUT2D eigenvalue weighted by Crippen LogP contribution is 2.34. The van der Waals surface area contributed by atoms with Gasteiger partial charge in [0.05, 0.1) is 16.2 Å². The fraction of sp³-hybridized carbons (Fsp3) is 0.357. The van der Waals surface area contributed by atoms with E-state index in [1.165, 1.54) is 6.08 Å². The Balaban J connectivity index is 1.68. The third kappa shape index (κ3) is 6.66. The maximum atomic E-state index is 13.4. The van der Waals surface area contributed by atoms with E-state index in [1.54, 1.807) is 29.2 Å². The van der Waals surface area contributed by atoms with E-state index in [-0.39, 0.29) is 44.7 Å². The number of carbonyl (C=O) groups excluding carboxylic acids is 2. The molecule has 1 aliphatic heterocycles. The van der Waals surface area contributed by atoms with Crippen molar-refractivity contribution in [2.45, 2.75) is 44.6 Å². The first kappa shape index (κ1) is 27.9. The summed E-state index contributed by atoms with van der Waals surface area (Å²) < 4.78 is 17.9. The molecule has 2 aromatic carbocycles. The Bertz CT molecular complexity index is 1220. The minimum Gasteiger partial charge on any atom is -0.482 e. The molecular formula is C28H31IN2O7. The molecule has 4 rings (SSSR count). The van der Waals surface area contributed by atoms with Crippen LogP contribution < -0.4 is 19.5 Å². The second-order valence-corrected chi connectivity index (χ2v) is 10.1. The van der Waals surface area contributed by atoms with E-state index >= 15 is 0 Å². The number of hydrogen-bond donors (Lipinski definition) is 3. The van der Waals surface area contributed by atoms with Gasteiger partial charge in [-0.1, -0.05) is 31.2 Å². The number of ether oxygens (including phenoxy) is 3. The first-order valence-corrected chi connectivity index (χ1v) is 13.5. The number of nitrogens with one attached hydrogen (secondary N) is 1. The van der Waals surface area contributed by atoms with Crippen molar-refractivity contribution in [3.63, 3.8) is 0 Å². The van der Waals surface area contributed by atoms with Crippen LogP contribution in [0.4, 0.5) is 0 Å². The first-order chi connectivity index (χ1) is 18.4. The molecule has 3 unspecified atom stereocenters. The average Bonchev–Trinajstić information content (AvgIpc) is 3.39. The minimum atomic E-state index is -1.12. The van der Waals surface area contributed by atoms with Crippen molar-refractivity contribution in [3.05, 3.63) is 75.4 Å². The van der Waals surface area contributed by atoms with E-state index in [2.05, 4.69) is 27.9 Å². The topological polar surface area (TPSA) is 118 Å². The number of nitrogens with zero attached hydrogens (tertiary/aromatic N) is 1. The smallest absolute Gasteiger partial charge is 0.247 e. The Morgan fingerprint density at radius 3 is 2.76 bits per heavy atom. The molecule has 38 heavy (non-hydrogen) atoms. The van der Waals surface area contributed by atoms with Crippen LogP contribution in [0.3, 0.4) is 0 Å². The maximum Gasteiger partial charge on any atom is 0.247 e. The van der Waals surface area contributed by atoms with Gasteiger partial charge >= 0.3 is 0 Å². The summed E-state index contributed by atoms with van der Waals surface area (Å²) in [6.07, 6.45) is 3.62. The highest BCUT2D eigenvalue weighted by atomic mass is 127. The van der Waals surface area contributed by atoms with Gasteiger partial charge in [-0.15, -0.1) is 0 Å². The molecule has 0 saturated heterocycles. The van der Waals surface area contributed by atoms with Crippen LogP contribution in [-0.2, 0) is 16.1 Å². The van der Waals surface area contributed by atoms with Crippen LogP contribution in [0.15, 0.2) is 66.3 Å². The SMILES string of the molecule is CCC=CC(=O)N(Cc1ccc2c(c1)OCO2)C1CC(C(=O)NCCO)=CC(Oc2ccccc2I)C1O. The fourth-order valence-corrected chi connectivity index (χ4v) is 4.89. The van der Waals surface area contributed by atoms with E-state index in [0.717, 1.165) is 9.13 Å². The van der Waals surface area contributed by atoms with Gasteiger partial charge in [0.25, 0.3) is 0 Å². The van der Waals surface area contributed by atoms with Crippen molar-refractivity contribution in [2.75, 3.05) is 19.9 Å². The Hall–Kier alpha value is -3.09. The van der Waals surface area contributed by atoms with Crippen LogP contribution in [0.1, 0.15) is 25.3 Å². The summed E-state index contributed by atoms with van der Waals surface area (Å²) in [6, 6.07) is 12.1. The molecule has 2 aliphatic rings. The maximum absolute atomic E-state index is 13.4. The zero-order chi connectivity index (χ0) is 27.1. The lowest BCUT2D eigenvalue weighted by Gasteiger charge is -2.40. The molecule has 0 fully saturated rings. The predicted octanol–water partition coefficient (Wildman–Crippen LogP) is 2.93. The van der Waals surface area contributed by atoms with Crippen LogP contribution in [0, 0.1) is 3.57 Å². The van der Waals surface area contributed by atoms with Crippen molar-refractivity contribution in [1.29, 1.82) is 0 Å². The molecule has 2 aromatic rings. The van der Waals surface area contributed by atoms with E-state index < -0.39 is 18.2 Å². The third-order valence-corrected chi connectivity index (χ3v) is 7.17. The van der Waals surface area contributed by atoms with E-state index in [9.17, 15) is 19.8 Å². The standard InChI is InChI=1S/C28H31IN2O7/c1-2-3-8-26(33)31(16-18-9-10-23-24(13-18)37-17-36-23)21-14-19(28(35)30-11-12-32)15-25(27(21)34)38-22-7-5-4-6-20(22)29/h3-10,13,15,21,25,27,32,34H,2,11-12,14,16-17H2,1H3,(H,30,35). The van der Waals surface area contributed by atoms with Crippen LogP contribution in [0.2, 0.25) is 0 Å². The van der Waals surface area contributed by atoms with Crippen molar-refractivity contribution in [3.8, 4) is 17.2 Å². The number of aliphatic hydroxyl groups excluding tert-OH is 2. The quantitative estimate of drug-likeness (QED) is 0.272. The number of allylic oxidation sites excluding steroid dienone is 1. The van der Waals surface area contributed by atoms with Gasteiger partial charge in [0, 0.05) is 25.1 Å². The second kappa shape index (κ2) is 13.1. The summed E-state index contributed by atoms with van der Waals surface area (Å²) in [5.74, 6) is 1.10. The molecule has 2 amide bonds. The average molecular weight is 634 g/mol. The number of fused-ring (bicyclic) bond motifs is 1. The van der Waals surface area contributed by atoms with Crippen molar-refractivity contribution < 1.29 is 34.0 Å². The molecule has 1 aliphatic carbocycles. The zero-order valence-electron chi connectivity index (χ0n) is 21.0. The largest absolute Gasteiger partial charge is 0.482 e. The molecule has 0 spiro atoms. The second-order valence-electron chi connectivity index (χ2n) is 8.91. The van der Waals surface area contributed by atoms with Gasteiger partial charge in [0.15, 0.2) is 11.5 Å². The molecule has 9 nitrogen and oxygen atoms in total. The highest BCUT2D eigenvalue weighted by molar-refractivity contribution is 14.1. The molecule has 1 heterocycles. The zero-order valence-corrected chi connectivity index (χ0v) is 23.2. The van der Waals surface area contributed by atoms with E-state index in [4.69, 9.17) is 14.2 Å². The molecule has 3 atom stereocenters. The van der Waals surface area contributed by atoms with Crippen LogP contribution in [0.25, 0.3) is 0 Å². The van der Waals surface area contributed by atoms with Gasteiger partial charge in [0.1, 0.15) is 18.0 Å². The van der Waals surface area contributed by atoms with Gasteiger partial charge in [-0.25, -0.2) is 0 Å². The lowest BCUT2D eigenvalue weighted by Crippen LogP contribution is -2.54. The summed E-state index contributed by atoms with van der Waals surface area (Å²) in [6.45, 7) is 2.12. The van der Waals surface area contributed by atoms with Crippen LogP contribution >= 0.6 is 22.6 Å². The molecular weight excluding hydrogens is 603 g/mol. The molecule has 0 bridgehead atoms. The summed E-state index contributed by atoms with van der Waals surface area (Å²) in [4.78, 5) is 27.9. The van der Waals surface area contributed by atoms with Gasteiger partial charge in [-0.2, -0.15) is 0 Å². The van der Waals surface area contributed by atoms with E-state index in [1.807, 2.05) is 37.3 Å². The summed E-state index contributed by atoms with van der Waals surface area (Å²) in [5.41, 5.74) is 1.16. The third-order valence-electron chi connectivity index (χ3n) is 6.28. The number of aliphatic hydroxyl groups is 2. The molecule has 0 aromatic heterocycles. The van der Waals surface area contributed by atoms with Crippen molar-refractivity contribution in [2.24, 2.45) is 0 Å². The predicted molar refractivity (Wildman–Crippen MR) is 149 cm³/mol. The van der Waals surface area contributed by atoms with Crippen LogP contribution in [-0.4, -0.2) is 65.1 Å². The Morgan fingerprint density at radius 1 is 1.21 bits per heavy atom. The molecule has 10 heteroatoms. The van der Waals surface area contributed by atoms with E-state index in [0.29, 0.717) is 29.2 Å². The summed E-state index contributed by atoms with van der Waals surface area (Å²) >= 11 is 2.14.